The first-order valence-corrected chi connectivity index (χ1v) is 5.21. The Hall–Kier alpha value is -1.51. The third kappa shape index (κ3) is 2.49. The van der Waals surface area contributed by atoms with Crippen LogP contribution in [-0.4, -0.2) is 11.9 Å². The normalized spacial score (nSPS) is 16.5. The molecule has 3 nitrogen and oxygen atoms in total. The van der Waals surface area contributed by atoms with Crippen molar-refractivity contribution < 1.29 is 4.42 Å². The first-order chi connectivity index (χ1) is 7.16. The maximum absolute atomic E-state index is 5.42. The van der Waals surface area contributed by atoms with Gasteiger partial charge in [0, 0.05) is 5.70 Å². The lowest BCUT2D eigenvalue weighted by Crippen LogP contribution is -2.23. The first kappa shape index (κ1) is 10.0. The number of aliphatic imine (C=N–C) groups is 1. The van der Waals surface area contributed by atoms with Gasteiger partial charge in [0.1, 0.15) is 0 Å². The van der Waals surface area contributed by atoms with Gasteiger partial charge in [-0.3, -0.25) is 4.99 Å². The van der Waals surface area contributed by atoms with Crippen molar-refractivity contribution in [3.63, 3.8) is 0 Å². The van der Waals surface area contributed by atoms with E-state index in [4.69, 9.17) is 4.42 Å². The summed E-state index contributed by atoms with van der Waals surface area (Å²) < 4.78 is 5.42. The minimum Gasteiger partial charge on any atom is -0.461 e. The Morgan fingerprint density at radius 1 is 1.60 bits per heavy atom. The van der Waals surface area contributed by atoms with Gasteiger partial charge in [-0.15, -0.1) is 0 Å². The van der Waals surface area contributed by atoms with Crippen LogP contribution in [0.25, 0.3) is 0 Å². The van der Waals surface area contributed by atoms with E-state index in [9.17, 15) is 0 Å². The number of amidine groups is 1. The third-order valence-corrected chi connectivity index (χ3v) is 2.27. The van der Waals surface area contributed by atoms with Crippen LogP contribution in [0.3, 0.4) is 0 Å². The Bertz CT molecular complexity index is 400. The van der Waals surface area contributed by atoms with Gasteiger partial charge in [-0.1, -0.05) is 6.58 Å². The van der Waals surface area contributed by atoms with Gasteiger partial charge < -0.3 is 9.73 Å². The Balaban J connectivity index is 2.25. The molecule has 0 amide bonds. The minimum atomic E-state index is 0.469. The van der Waals surface area contributed by atoms with Gasteiger partial charge in [0.05, 0.1) is 12.3 Å². The van der Waals surface area contributed by atoms with Crippen molar-refractivity contribution in [3.8, 4) is 0 Å². The number of rotatable bonds is 3. The monoisotopic (exact) mass is 204 g/mol. The van der Waals surface area contributed by atoms with E-state index < -0.39 is 0 Å². The van der Waals surface area contributed by atoms with E-state index in [1.807, 2.05) is 19.9 Å². The lowest BCUT2D eigenvalue weighted by Gasteiger charge is -2.07. The number of nitrogens with one attached hydrogen (secondary N) is 1. The second-order valence-corrected chi connectivity index (χ2v) is 4.05. The first-order valence-electron chi connectivity index (χ1n) is 5.21. The fourth-order valence-electron chi connectivity index (χ4n) is 1.35. The molecule has 1 saturated carbocycles. The lowest BCUT2D eigenvalue weighted by atomic mass is 10.2. The predicted molar refractivity (Wildman–Crippen MR) is 61.0 cm³/mol. The summed E-state index contributed by atoms with van der Waals surface area (Å²) >= 11 is 0. The van der Waals surface area contributed by atoms with Gasteiger partial charge in [-0.2, -0.15) is 0 Å². The Morgan fingerprint density at radius 3 is 2.80 bits per heavy atom. The van der Waals surface area contributed by atoms with E-state index in [-0.39, 0.29) is 0 Å². The topological polar surface area (TPSA) is 37.5 Å². The van der Waals surface area contributed by atoms with Gasteiger partial charge in [-0.05, 0) is 38.3 Å². The summed E-state index contributed by atoms with van der Waals surface area (Å²) in [6.07, 6.45) is 4.05. The average molecular weight is 204 g/mol. The smallest absolute Gasteiger partial charge is 0.171 e. The second kappa shape index (κ2) is 3.93. The molecule has 1 heterocycles. The average Bonchev–Trinajstić information content (AvgIpc) is 2.86. The maximum Gasteiger partial charge on any atom is 0.171 e. The number of hydrogen-bond donors (Lipinski definition) is 1. The Kier molecular flexibility index (Phi) is 2.62. The molecule has 0 unspecified atom stereocenters. The van der Waals surface area contributed by atoms with E-state index in [1.165, 1.54) is 12.8 Å². The predicted octanol–water partition coefficient (Wildman–Crippen LogP) is 2.62. The molecule has 2 rings (SSSR count). The molecule has 1 aromatic heterocycles. The van der Waals surface area contributed by atoms with Crippen LogP contribution >= 0.6 is 0 Å². The van der Waals surface area contributed by atoms with Crippen molar-refractivity contribution >= 4 is 5.84 Å². The molecule has 0 atom stereocenters. The van der Waals surface area contributed by atoms with Crippen LogP contribution in [0.15, 0.2) is 34.0 Å². The Morgan fingerprint density at radius 2 is 2.33 bits per heavy atom. The fraction of sp³-hybridized carbons (Fsp3) is 0.417. The molecule has 0 aromatic carbocycles. The maximum atomic E-state index is 5.42. The van der Waals surface area contributed by atoms with E-state index in [0.717, 1.165) is 22.9 Å². The van der Waals surface area contributed by atoms with E-state index in [2.05, 4.69) is 16.9 Å². The van der Waals surface area contributed by atoms with Crippen molar-refractivity contribution in [3.05, 3.63) is 35.9 Å². The highest BCUT2D eigenvalue weighted by Gasteiger charge is 2.22. The molecule has 0 radical (unpaired) electrons. The van der Waals surface area contributed by atoms with Gasteiger partial charge in [0.25, 0.3) is 0 Å². The summed E-state index contributed by atoms with van der Waals surface area (Å²) in [6.45, 7) is 7.76. The molecular weight excluding hydrogens is 188 g/mol. The van der Waals surface area contributed by atoms with Crippen molar-refractivity contribution in [1.82, 2.24) is 5.32 Å². The third-order valence-electron chi connectivity index (χ3n) is 2.27. The number of allylic oxidation sites excluding steroid dienone is 1. The molecule has 1 aliphatic carbocycles. The molecule has 1 fully saturated rings. The summed E-state index contributed by atoms with van der Waals surface area (Å²) in [6, 6.07) is 2.41. The summed E-state index contributed by atoms with van der Waals surface area (Å²) in [5.41, 5.74) is 1.98. The minimum absolute atomic E-state index is 0.469. The van der Waals surface area contributed by atoms with Crippen molar-refractivity contribution in [2.24, 2.45) is 4.99 Å². The highest BCUT2D eigenvalue weighted by atomic mass is 16.3. The van der Waals surface area contributed by atoms with Crippen LogP contribution in [0.2, 0.25) is 0 Å². The summed E-state index contributed by atoms with van der Waals surface area (Å²) in [5.74, 6) is 1.64. The molecule has 0 saturated heterocycles. The Labute approximate surface area is 89.9 Å². The quantitative estimate of drug-likeness (QED) is 0.607. The van der Waals surface area contributed by atoms with E-state index in [1.54, 1.807) is 6.26 Å². The molecular formula is C12H16N2O. The molecule has 15 heavy (non-hydrogen) atoms. The van der Waals surface area contributed by atoms with Crippen LogP contribution in [0.4, 0.5) is 0 Å². The molecule has 0 aliphatic heterocycles. The van der Waals surface area contributed by atoms with Crippen molar-refractivity contribution in [2.75, 3.05) is 0 Å². The molecule has 0 bridgehead atoms. The molecule has 80 valence electrons. The molecule has 1 N–H and O–H groups in total. The van der Waals surface area contributed by atoms with Crippen molar-refractivity contribution in [2.45, 2.75) is 32.7 Å². The summed E-state index contributed by atoms with van der Waals surface area (Å²) in [5, 5.41) is 3.16. The van der Waals surface area contributed by atoms with Crippen LogP contribution in [0.5, 0.6) is 0 Å². The highest BCUT2D eigenvalue weighted by Crippen LogP contribution is 2.24. The summed E-state index contributed by atoms with van der Waals surface area (Å²) in [7, 11) is 0. The summed E-state index contributed by atoms with van der Waals surface area (Å²) in [4.78, 5) is 4.58. The number of furan rings is 1. The number of nitrogens with zero attached hydrogens (tertiary/aromatic N) is 1. The van der Waals surface area contributed by atoms with Crippen LogP contribution in [0.1, 0.15) is 31.1 Å². The highest BCUT2D eigenvalue weighted by molar-refractivity contribution is 5.98. The molecule has 1 aliphatic rings. The van der Waals surface area contributed by atoms with Gasteiger partial charge >= 0.3 is 0 Å². The number of aryl methyl sites for hydroxylation is 1. The van der Waals surface area contributed by atoms with E-state index >= 15 is 0 Å². The molecule has 0 spiro atoms. The van der Waals surface area contributed by atoms with Gasteiger partial charge in [0.15, 0.2) is 11.6 Å². The fourth-order valence-corrected chi connectivity index (χ4v) is 1.35. The van der Waals surface area contributed by atoms with Crippen LogP contribution in [0, 0.1) is 6.92 Å². The standard InChI is InChI=1S/C12H16N2O/c1-8(2)13-12(14-10-4-5-10)11-9(3)6-7-15-11/h6-7,10H,1,4-5H2,2-3H3,(H,13,14). The largest absolute Gasteiger partial charge is 0.461 e. The zero-order chi connectivity index (χ0) is 10.8. The van der Waals surface area contributed by atoms with Crippen LogP contribution < -0.4 is 5.32 Å². The van der Waals surface area contributed by atoms with E-state index in [0.29, 0.717) is 6.04 Å². The molecule has 1 aromatic rings. The number of hydrogen-bond acceptors (Lipinski definition) is 2. The van der Waals surface area contributed by atoms with Gasteiger partial charge in [-0.25, -0.2) is 0 Å². The van der Waals surface area contributed by atoms with Crippen LogP contribution in [-0.2, 0) is 0 Å². The lowest BCUT2D eigenvalue weighted by molar-refractivity contribution is 0.552. The van der Waals surface area contributed by atoms with Crippen molar-refractivity contribution in [1.29, 1.82) is 0 Å². The zero-order valence-corrected chi connectivity index (χ0v) is 9.21. The second-order valence-electron chi connectivity index (χ2n) is 4.05. The molecule has 3 heteroatoms. The van der Waals surface area contributed by atoms with Gasteiger partial charge in [0.2, 0.25) is 0 Å². The SMILES string of the molecule is C=C(C)NC(=NC1CC1)c1occc1C. The zero-order valence-electron chi connectivity index (χ0n) is 9.21.